The highest BCUT2D eigenvalue weighted by Gasteiger charge is 2.63. The quantitative estimate of drug-likeness (QED) is 0.583. The van der Waals surface area contributed by atoms with E-state index < -0.39 is 23.9 Å². The molecule has 0 aromatic heterocycles. The smallest absolute Gasteiger partial charge is 0.196 e. The summed E-state index contributed by atoms with van der Waals surface area (Å²) in [5, 5.41) is 0. The first-order chi connectivity index (χ1) is 5.27. The molecule has 1 rings (SSSR count). The molecule has 0 saturated heterocycles. The van der Waals surface area contributed by atoms with E-state index >= 15 is 0 Å². The zero-order chi connectivity index (χ0) is 9.57. The minimum absolute atomic E-state index is 0.443. The molecule has 72 valence electrons. The van der Waals surface area contributed by atoms with E-state index in [4.69, 9.17) is 0 Å². The van der Waals surface area contributed by atoms with E-state index in [1.165, 1.54) is 0 Å². The molecule has 0 aromatic carbocycles. The van der Waals surface area contributed by atoms with Crippen molar-refractivity contribution in [1.82, 2.24) is 0 Å². The Morgan fingerprint density at radius 1 is 1.08 bits per heavy atom. The molecule has 5 heteroatoms. The summed E-state index contributed by atoms with van der Waals surface area (Å²) in [6.07, 6.45) is -4.41. The third-order valence-electron chi connectivity index (χ3n) is 2.28. The molecule has 0 heterocycles. The van der Waals surface area contributed by atoms with Crippen LogP contribution in [-0.4, -0.2) is 12.1 Å². The highest BCUT2D eigenvalue weighted by Crippen LogP contribution is 2.50. The molecule has 0 spiro atoms. The second-order valence-electron chi connectivity index (χ2n) is 3.25. The van der Waals surface area contributed by atoms with E-state index in [0.29, 0.717) is 12.8 Å². The van der Waals surface area contributed by atoms with Gasteiger partial charge in [0.15, 0.2) is 0 Å². The Morgan fingerprint density at radius 3 is 1.75 bits per heavy atom. The maximum atomic E-state index is 12.5. The van der Waals surface area contributed by atoms with Gasteiger partial charge in [0.1, 0.15) is 0 Å². The average Bonchev–Trinajstić information content (AvgIpc) is 2.64. The fraction of sp³-hybridized carbons (Fsp3) is 1.00. The molecule has 1 fully saturated rings. The predicted octanol–water partition coefficient (Wildman–Crippen LogP) is 3.23. The molecule has 1 saturated carbocycles. The van der Waals surface area contributed by atoms with Gasteiger partial charge in [0.25, 0.3) is 0 Å². The van der Waals surface area contributed by atoms with Crippen LogP contribution in [0.25, 0.3) is 0 Å². The maximum Gasteiger partial charge on any atom is 0.453 e. The number of rotatable bonds is 2. The van der Waals surface area contributed by atoms with Crippen LogP contribution in [0.15, 0.2) is 0 Å². The summed E-state index contributed by atoms with van der Waals surface area (Å²) in [5.74, 6) is -6.53. The lowest BCUT2D eigenvalue weighted by Crippen LogP contribution is -2.43. The summed E-state index contributed by atoms with van der Waals surface area (Å²) in [7, 11) is 0. The monoisotopic (exact) mass is 188 g/mol. The highest BCUT2D eigenvalue weighted by atomic mass is 19.4. The van der Waals surface area contributed by atoms with Crippen molar-refractivity contribution in [2.45, 2.75) is 31.9 Å². The summed E-state index contributed by atoms with van der Waals surface area (Å²) in [5.41, 5.74) is 0. The third kappa shape index (κ3) is 1.54. The number of hydrogen-bond acceptors (Lipinski definition) is 0. The van der Waals surface area contributed by atoms with Crippen molar-refractivity contribution in [3.8, 4) is 0 Å². The van der Waals surface area contributed by atoms with Gasteiger partial charge in [0.2, 0.25) is 0 Å². The summed E-state index contributed by atoms with van der Waals surface area (Å²) in [6, 6.07) is 0. The lowest BCUT2D eigenvalue weighted by Gasteiger charge is -2.25. The van der Waals surface area contributed by atoms with Crippen LogP contribution in [0.5, 0.6) is 0 Å². The molecule has 0 amide bonds. The summed E-state index contributed by atoms with van der Waals surface area (Å²) >= 11 is 0. The molecule has 1 aliphatic carbocycles. The number of alkyl halides is 5. The average molecular weight is 188 g/mol. The van der Waals surface area contributed by atoms with E-state index in [-0.39, 0.29) is 0 Å². The van der Waals surface area contributed by atoms with Crippen LogP contribution in [0.1, 0.15) is 19.8 Å². The highest BCUT2D eigenvalue weighted by molar-refractivity contribution is 4.91. The molecule has 12 heavy (non-hydrogen) atoms. The fourth-order valence-electron chi connectivity index (χ4n) is 1.15. The van der Waals surface area contributed by atoms with Crippen LogP contribution < -0.4 is 0 Å². The first-order valence-electron chi connectivity index (χ1n) is 3.71. The van der Waals surface area contributed by atoms with Crippen LogP contribution in [0.2, 0.25) is 0 Å². The first kappa shape index (κ1) is 9.74. The molecule has 0 aliphatic heterocycles. The van der Waals surface area contributed by atoms with Gasteiger partial charge in [-0.3, -0.25) is 0 Å². The van der Waals surface area contributed by atoms with Gasteiger partial charge in [-0.2, -0.15) is 22.0 Å². The van der Waals surface area contributed by atoms with Crippen molar-refractivity contribution in [2.24, 2.45) is 11.8 Å². The minimum Gasteiger partial charge on any atom is -0.196 e. The molecule has 0 bridgehead atoms. The zero-order valence-electron chi connectivity index (χ0n) is 6.46. The molecule has 0 N–H and O–H groups in total. The van der Waals surface area contributed by atoms with Gasteiger partial charge >= 0.3 is 12.1 Å². The summed E-state index contributed by atoms with van der Waals surface area (Å²) in [4.78, 5) is 0. The van der Waals surface area contributed by atoms with E-state index in [1.807, 2.05) is 0 Å². The third-order valence-corrected chi connectivity index (χ3v) is 2.28. The standard InChI is InChI=1S/C7H9F5/c1-4(5-2-3-5)6(8,9)7(10,11)12/h4-5H,2-3H2,1H3. The van der Waals surface area contributed by atoms with Crippen LogP contribution >= 0.6 is 0 Å². The van der Waals surface area contributed by atoms with Gasteiger partial charge in [-0.25, -0.2) is 0 Å². The van der Waals surface area contributed by atoms with E-state index in [2.05, 4.69) is 0 Å². The van der Waals surface area contributed by atoms with Crippen molar-refractivity contribution in [3.05, 3.63) is 0 Å². The van der Waals surface area contributed by atoms with Crippen molar-refractivity contribution in [2.75, 3.05) is 0 Å². The Hall–Kier alpha value is -0.350. The van der Waals surface area contributed by atoms with Crippen LogP contribution in [-0.2, 0) is 0 Å². The lowest BCUT2D eigenvalue weighted by atomic mass is 9.98. The molecule has 1 aliphatic rings. The molecule has 0 aromatic rings. The summed E-state index contributed by atoms with van der Waals surface area (Å²) < 4.78 is 60.1. The topological polar surface area (TPSA) is 0 Å². The van der Waals surface area contributed by atoms with E-state index in [9.17, 15) is 22.0 Å². The van der Waals surface area contributed by atoms with Crippen molar-refractivity contribution >= 4 is 0 Å². The lowest BCUT2D eigenvalue weighted by molar-refractivity contribution is -0.302. The molecule has 1 atom stereocenters. The van der Waals surface area contributed by atoms with E-state index in [1.54, 1.807) is 0 Å². The second kappa shape index (κ2) is 2.57. The van der Waals surface area contributed by atoms with E-state index in [0.717, 1.165) is 6.92 Å². The number of halogens is 5. The zero-order valence-corrected chi connectivity index (χ0v) is 6.46. The van der Waals surface area contributed by atoms with Gasteiger partial charge in [0.05, 0.1) is 0 Å². The van der Waals surface area contributed by atoms with Gasteiger partial charge in [0, 0.05) is 5.92 Å². The van der Waals surface area contributed by atoms with Crippen molar-refractivity contribution < 1.29 is 22.0 Å². The molecule has 1 unspecified atom stereocenters. The van der Waals surface area contributed by atoms with Gasteiger partial charge < -0.3 is 0 Å². The Kier molecular flexibility index (Phi) is 2.08. The Bertz CT molecular complexity index is 167. The Balaban J connectivity index is 2.68. The Labute approximate surface area is 66.8 Å². The molecule has 0 nitrogen and oxygen atoms in total. The van der Waals surface area contributed by atoms with Crippen LogP contribution in [0, 0.1) is 11.8 Å². The summed E-state index contributed by atoms with van der Waals surface area (Å²) in [6.45, 7) is 0.963. The fourth-order valence-corrected chi connectivity index (χ4v) is 1.15. The Morgan fingerprint density at radius 2 is 1.50 bits per heavy atom. The van der Waals surface area contributed by atoms with Gasteiger partial charge in [-0.1, -0.05) is 6.92 Å². The van der Waals surface area contributed by atoms with Crippen LogP contribution in [0.3, 0.4) is 0 Å². The van der Waals surface area contributed by atoms with Crippen LogP contribution in [0.4, 0.5) is 22.0 Å². The van der Waals surface area contributed by atoms with Gasteiger partial charge in [-0.15, -0.1) is 0 Å². The van der Waals surface area contributed by atoms with Crippen molar-refractivity contribution in [1.29, 1.82) is 0 Å². The number of hydrogen-bond donors (Lipinski definition) is 0. The predicted molar refractivity (Wildman–Crippen MR) is 32.9 cm³/mol. The first-order valence-corrected chi connectivity index (χ1v) is 3.71. The SMILES string of the molecule is CC(C1CC1)C(F)(F)C(F)(F)F. The largest absolute Gasteiger partial charge is 0.453 e. The second-order valence-corrected chi connectivity index (χ2v) is 3.25. The molecular weight excluding hydrogens is 179 g/mol. The molecule has 0 radical (unpaired) electrons. The normalized spacial score (nSPS) is 22.5. The maximum absolute atomic E-state index is 12.5. The minimum atomic E-state index is -5.39. The van der Waals surface area contributed by atoms with Gasteiger partial charge in [-0.05, 0) is 18.8 Å². The van der Waals surface area contributed by atoms with Crippen molar-refractivity contribution in [3.63, 3.8) is 0 Å². The molecular formula is C7H9F5.